The zero-order valence-corrected chi connectivity index (χ0v) is 10.8. The molecule has 0 bridgehead atoms. The van der Waals surface area contributed by atoms with Gasteiger partial charge in [-0.05, 0) is 19.1 Å². The molecular formula is C13H17N3O2. The topological polar surface area (TPSA) is 65.4 Å². The van der Waals surface area contributed by atoms with Crippen molar-refractivity contribution in [2.24, 2.45) is 5.92 Å². The van der Waals surface area contributed by atoms with Gasteiger partial charge in [0.25, 0.3) is 0 Å². The van der Waals surface area contributed by atoms with Crippen LogP contribution in [0.4, 0.5) is 10.5 Å². The Bertz CT molecular complexity index is 454. The lowest BCUT2D eigenvalue weighted by Gasteiger charge is -2.19. The molecule has 0 aliphatic carbocycles. The van der Waals surface area contributed by atoms with E-state index in [1.165, 1.54) is 4.90 Å². The first-order valence-corrected chi connectivity index (χ1v) is 5.62. The van der Waals surface area contributed by atoms with E-state index in [9.17, 15) is 4.79 Å². The number of anilines is 1. The number of nitrogens with zero attached hydrogens (tertiary/aromatic N) is 2. The third-order valence-corrected chi connectivity index (χ3v) is 2.44. The van der Waals surface area contributed by atoms with Crippen LogP contribution in [0.3, 0.4) is 0 Å². The Morgan fingerprint density at radius 2 is 2.33 bits per heavy atom. The van der Waals surface area contributed by atoms with Crippen molar-refractivity contribution < 1.29 is 9.53 Å². The summed E-state index contributed by atoms with van der Waals surface area (Å²) in [7, 11) is 3.23. The van der Waals surface area contributed by atoms with Crippen molar-refractivity contribution in [1.82, 2.24) is 4.90 Å². The summed E-state index contributed by atoms with van der Waals surface area (Å²) < 4.78 is 5.07. The van der Waals surface area contributed by atoms with E-state index in [2.05, 4.69) is 11.4 Å². The molecule has 5 heteroatoms. The molecule has 1 rings (SSSR count). The Labute approximate surface area is 107 Å². The molecule has 1 aromatic carbocycles. The van der Waals surface area contributed by atoms with Crippen molar-refractivity contribution in [3.05, 3.63) is 24.3 Å². The predicted molar refractivity (Wildman–Crippen MR) is 69.4 cm³/mol. The number of hydrogen-bond acceptors (Lipinski definition) is 3. The molecule has 0 saturated carbocycles. The third kappa shape index (κ3) is 3.98. The maximum atomic E-state index is 11.8. The van der Waals surface area contributed by atoms with Gasteiger partial charge in [0, 0.05) is 25.3 Å². The molecule has 1 atom stereocenters. The average molecular weight is 247 g/mol. The Morgan fingerprint density at radius 3 is 2.94 bits per heavy atom. The van der Waals surface area contributed by atoms with Crippen molar-refractivity contribution in [1.29, 1.82) is 5.26 Å². The number of rotatable bonds is 4. The first-order chi connectivity index (χ1) is 8.56. The highest BCUT2D eigenvalue weighted by molar-refractivity contribution is 5.89. The van der Waals surface area contributed by atoms with Gasteiger partial charge in [0.05, 0.1) is 19.1 Å². The Morgan fingerprint density at radius 1 is 1.61 bits per heavy atom. The summed E-state index contributed by atoms with van der Waals surface area (Å²) in [6, 6.07) is 8.96. The molecule has 5 nitrogen and oxygen atoms in total. The summed E-state index contributed by atoms with van der Waals surface area (Å²) in [5.41, 5.74) is 0.663. The molecule has 0 aliphatic heterocycles. The Balaban J connectivity index is 2.61. The minimum Gasteiger partial charge on any atom is -0.497 e. The minimum atomic E-state index is -0.245. The van der Waals surface area contributed by atoms with Crippen molar-refractivity contribution in [2.75, 3.05) is 26.0 Å². The smallest absolute Gasteiger partial charge is 0.321 e. The van der Waals surface area contributed by atoms with Crippen molar-refractivity contribution in [3.63, 3.8) is 0 Å². The number of amides is 2. The van der Waals surface area contributed by atoms with Gasteiger partial charge in [0.15, 0.2) is 0 Å². The van der Waals surface area contributed by atoms with Crippen LogP contribution in [-0.2, 0) is 0 Å². The van der Waals surface area contributed by atoms with Gasteiger partial charge in [-0.2, -0.15) is 5.26 Å². The quantitative estimate of drug-likeness (QED) is 0.888. The maximum absolute atomic E-state index is 11.8. The zero-order chi connectivity index (χ0) is 13.5. The lowest BCUT2D eigenvalue weighted by atomic mass is 10.2. The fourth-order valence-electron chi connectivity index (χ4n) is 1.45. The molecule has 2 amide bonds. The molecule has 96 valence electrons. The van der Waals surface area contributed by atoms with Crippen LogP contribution in [0.2, 0.25) is 0 Å². The first-order valence-electron chi connectivity index (χ1n) is 5.62. The second-order valence-corrected chi connectivity index (χ2v) is 4.07. The van der Waals surface area contributed by atoms with E-state index in [4.69, 9.17) is 10.00 Å². The van der Waals surface area contributed by atoms with E-state index in [0.717, 1.165) is 0 Å². The van der Waals surface area contributed by atoms with E-state index in [-0.39, 0.29) is 11.9 Å². The Hall–Kier alpha value is -2.22. The van der Waals surface area contributed by atoms with Crippen LogP contribution >= 0.6 is 0 Å². The molecule has 0 heterocycles. The van der Waals surface area contributed by atoms with E-state index in [1.54, 1.807) is 45.3 Å². The number of hydrogen-bond donors (Lipinski definition) is 1. The highest BCUT2D eigenvalue weighted by Gasteiger charge is 2.12. The minimum absolute atomic E-state index is 0.189. The van der Waals surface area contributed by atoms with Crippen LogP contribution in [0.1, 0.15) is 6.92 Å². The van der Waals surface area contributed by atoms with E-state index >= 15 is 0 Å². The number of benzene rings is 1. The van der Waals surface area contributed by atoms with Gasteiger partial charge in [0.1, 0.15) is 5.75 Å². The number of nitriles is 1. The van der Waals surface area contributed by atoms with Gasteiger partial charge < -0.3 is 15.0 Å². The lowest BCUT2D eigenvalue weighted by molar-refractivity contribution is 0.219. The molecule has 1 aromatic rings. The summed E-state index contributed by atoms with van der Waals surface area (Å²) in [6.07, 6.45) is 0. The van der Waals surface area contributed by atoms with Crippen LogP contribution in [0.5, 0.6) is 5.75 Å². The van der Waals surface area contributed by atoms with Crippen molar-refractivity contribution in [3.8, 4) is 11.8 Å². The molecule has 0 radical (unpaired) electrons. The van der Waals surface area contributed by atoms with E-state index in [0.29, 0.717) is 18.0 Å². The Kier molecular flexibility index (Phi) is 5.00. The summed E-state index contributed by atoms with van der Waals surface area (Å²) >= 11 is 0. The van der Waals surface area contributed by atoms with Gasteiger partial charge in [-0.1, -0.05) is 6.07 Å². The van der Waals surface area contributed by atoms with Gasteiger partial charge >= 0.3 is 6.03 Å². The van der Waals surface area contributed by atoms with Gasteiger partial charge in [-0.25, -0.2) is 4.79 Å². The van der Waals surface area contributed by atoms with Gasteiger partial charge in [-0.3, -0.25) is 0 Å². The van der Waals surface area contributed by atoms with Gasteiger partial charge in [0.2, 0.25) is 0 Å². The molecule has 0 aliphatic rings. The van der Waals surface area contributed by atoms with E-state index in [1.807, 2.05) is 0 Å². The number of methoxy groups -OCH3 is 1. The predicted octanol–water partition coefficient (Wildman–Crippen LogP) is 2.32. The highest BCUT2D eigenvalue weighted by atomic mass is 16.5. The normalized spacial score (nSPS) is 11.2. The van der Waals surface area contributed by atoms with Crippen molar-refractivity contribution in [2.45, 2.75) is 6.92 Å². The first kappa shape index (κ1) is 13.8. The van der Waals surface area contributed by atoms with Crippen LogP contribution < -0.4 is 10.1 Å². The third-order valence-electron chi connectivity index (χ3n) is 2.44. The van der Waals surface area contributed by atoms with E-state index < -0.39 is 0 Å². The summed E-state index contributed by atoms with van der Waals surface area (Å²) in [6.45, 7) is 2.17. The van der Waals surface area contributed by atoms with Crippen LogP contribution in [-0.4, -0.2) is 31.6 Å². The zero-order valence-electron chi connectivity index (χ0n) is 10.8. The SMILES string of the molecule is COc1cccc(NC(=O)N(C)CC(C)C#N)c1. The number of ether oxygens (including phenoxy) is 1. The van der Waals surface area contributed by atoms with Gasteiger partial charge in [-0.15, -0.1) is 0 Å². The molecule has 1 N–H and O–H groups in total. The number of carbonyl (C=O) groups excluding carboxylic acids is 1. The molecule has 0 spiro atoms. The fourth-order valence-corrected chi connectivity index (χ4v) is 1.45. The maximum Gasteiger partial charge on any atom is 0.321 e. The number of urea groups is 1. The van der Waals surface area contributed by atoms with Crippen LogP contribution in [0, 0.1) is 17.2 Å². The summed E-state index contributed by atoms with van der Waals surface area (Å²) in [5.74, 6) is 0.493. The molecule has 0 aromatic heterocycles. The second-order valence-electron chi connectivity index (χ2n) is 4.07. The largest absolute Gasteiger partial charge is 0.497 e. The second kappa shape index (κ2) is 6.50. The molecule has 0 fully saturated rings. The molecule has 0 saturated heterocycles. The standard InChI is InChI=1S/C13H17N3O2/c1-10(8-14)9-16(2)13(17)15-11-5-4-6-12(7-11)18-3/h4-7,10H,9H2,1-3H3,(H,15,17). The number of carbonyl (C=O) groups is 1. The molecular weight excluding hydrogens is 230 g/mol. The molecule has 18 heavy (non-hydrogen) atoms. The monoisotopic (exact) mass is 247 g/mol. The van der Waals surface area contributed by atoms with Crippen LogP contribution in [0.15, 0.2) is 24.3 Å². The summed E-state index contributed by atoms with van der Waals surface area (Å²) in [4.78, 5) is 13.3. The number of nitrogens with one attached hydrogen (secondary N) is 1. The highest BCUT2D eigenvalue weighted by Crippen LogP contribution is 2.17. The van der Waals surface area contributed by atoms with Crippen molar-refractivity contribution >= 4 is 11.7 Å². The fraction of sp³-hybridized carbons (Fsp3) is 0.385. The van der Waals surface area contributed by atoms with Crippen LogP contribution in [0.25, 0.3) is 0 Å². The lowest BCUT2D eigenvalue weighted by Crippen LogP contribution is -2.34. The molecule has 1 unspecified atom stereocenters. The summed E-state index contributed by atoms with van der Waals surface area (Å²) in [5, 5.41) is 11.4. The average Bonchev–Trinajstić information content (AvgIpc) is 2.38.